The van der Waals surface area contributed by atoms with Gasteiger partial charge in [-0.15, -0.1) is 0 Å². The lowest BCUT2D eigenvalue weighted by Crippen LogP contribution is -2.43. The molecule has 2 fully saturated rings. The van der Waals surface area contributed by atoms with Crippen molar-refractivity contribution in [2.24, 2.45) is 0 Å². The van der Waals surface area contributed by atoms with Gasteiger partial charge < -0.3 is 5.32 Å². The molecule has 2 rings (SSSR count). The molecule has 0 aromatic rings. The number of nitrogens with zero attached hydrogens (tertiary/aromatic N) is 1. The molecule has 0 radical (unpaired) electrons. The van der Waals surface area contributed by atoms with Gasteiger partial charge in [0.1, 0.15) is 0 Å². The summed E-state index contributed by atoms with van der Waals surface area (Å²) in [4.78, 5) is 25.5. The molecule has 102 valence electrons. The summed E-state index contributed by atoms with van der Waals surface area (Å²) in [5.74, 6) is 0.373. The fraction of sp³-hybridized carbons (Fsp3) is 0.833. The Morgan fingerprint density at radius 3 is 2.61 bits per heavy atom. The molecule has 0 aromatic heterocycles. The third-order valence-electron chi connectivity index (χ3n) is 3.65. The van der Waals surface area contributed by atoms with Crippen molar-refractivity contribution in [2.75, 3.05) is 18.6 Å². The van der Waals surface area contributed by atoms with Gasteiger partial charge in [-0.05, 0) is 12.8 Å². The van der Waals surface area contributed by atoms with Crippen LogP contribution in [0.1, 0.15) is 32.1 Å². The first-order valence-corrected chi connectivity index (χ1v) is 8.21. The first-order valence-electron chi connectivity index (χ1n) is 6.49. The molecule has 1 saturated carbocycles. The standard InChI is InChI=1S/C12H20N2O3S/c1-18(17)7-6-13-10-8-11(15)14(12(10)16)9-4-2-3-5-9/h9-10,13H,2-8H2,1H3. The fourth-order valence-electron chi connectivity index (χ4n) is 2.73. The van der Waals surface area contributed by atoms with E-state index >= 15 is 0 Å². The molecule has 0 aromatic carbocycles. The molecular weight excluding hydrogens is 252 g/mol. The number of amides is 2. The third kappa shape index (κ3) is 2.98. The first kappa shape index (κ1) is 13.7. The summed E-state index contributed by atoms with van der Waals surface area (Å²) < 4.78 is 10.9. The Morgan fingerprint density at radius 2 is 2.00 bits per heavy atom. The van der Waals surface area contributed by atoms with Crippen LogP contribution in [0.15, 0.2) is 0 Å². The fourth-order valence-corrected chi connectivity index (χ4v) is 3.14. The van der Waals surface area contributed by atoms with Crippen molar-refractivity contribution in [3.8, 4) is 0 Å². The van der Waals surface area contributed by atoms with E-state index in [-0.39, 0.29) is 24.3 Å². The van der Waals surface area contributed by atoms with Crippen LogP contribution in [0.2, 0.25) is 0 Å². The molecule has 2 atom stereocenters. The summed E-state index contributed by atoms with van der Waals surface area (Å²) in [5, 5.41) is 3.04. The maximum absolute atomic E-state index is 12.1. The SMILES string of the molecule is CS(=O)CCNC1CC(=O)N(C2CCCC2)C1=O. The van der Waals surface area contributed by atoms with E-state index in [1.807, 2.05) is 0 Å². The number of carbonyl (C=O) groups is 2. The van der Waals surface area contributed by atoms with Crippen LogP contribution in [0.4, 0.5) is 0 Å². The maximum Gasteiger partial charge on any atom is 0.247 e. The van der Waals surface area contributed by atoms with Crippen LogP contribution in [0.25, 0.3) is 0 Å². The van der Waals surface area contributed by atoms with E-state index < -0.39 is 16.8 Å². The van der Waals surface area contributed by atoms with Gasteiger partial charge in [0.25, 0.3) is 0 Å². The molecule has 6 heteroatoms. The Bertz CT molecular complexity index is 366. The molecule has 1 aliphatic carbocycles. The number of hydrogen-bond donors (Lipinski definition) is 1. The molecule has 2 unspecified atom stereocenters. The Morgan fingerprint density at radius 1 is 1.33 bits per heavy atom. The topological polar surface area (TPSA) is 66.5 Å². The van der Waals surface area contributed by atoms with Crippen LogP contribution in [-0.2, 0) is 20.4 Å². The molecule has 1 N–H and O–H groups in total. The van der Waals surface area contributed by atoms with Crippen LogP contribution >= 0.6 is 0 Å². The van der Waals surface area contributed by atoms with Crippen LogP contribution in [0.5, 0.6) is 0 Å². The molecular formula is C12H20N2O3S. The molecule has 0 bridgehead atoms. The van der Waals surface area contributed by atoms with Gasteiger partial charge in [0, 0.05) is 35.4 Å². The largest absolute Gasteiger partial charge is 0.305 e. The molecule has 1 aliphatic heterocycles. The van der Waals surface area contributed by atoms with Gasteiger partial charge in [0.05, 0.1) is 12.5 Å². The van der Waals surface area contributed by atoms with E-state index in [9.17, 15) is 13.8 Å². The molecule has 18 heavy (non-hydrogen) atoms. The Balaban J connectivity index is 1.89. The predicted octanol–water partition coefficient (Wildman–Crippen LogP) is 0.0246. The Labute approximate surface area is 110 Å². The number of likely N-dealkylation sites (tertiary alicyclic amines) is 1. The number of imide groups is 1. The zero-order chi connectivity index (χ0) is 13.1. The van der Waals surface area contributed by atoms with E-state index in [0.717, 1.165) is 25.7 Å². The van der Waals surface area contributed by atoms with Crippen molar-refractivity contribution < 1.29 is 13.8 Å². The van der Waals surface area contributed by atoms with Crippen molar-refractivity contribution in [1.82, 2.24) is 10.2 Å². The van der Waals surface area contributed by atoms with Crippen molar-refractivity contribution in [1.29, 1.82) is 0 Å². The summed E-state index contributed by atoms with van der Waals surface area (Å²) in [6, 6.07) is -0.279. The summed E-state index contributed by atoms with van der Waals surface area (Å²) >= 11 is 0. The van der Waals surface area contributed by atoms with Crippen LogP contribution in [-0.4, -0.2) is 51.6 Å². The summed E-state index contributed by atoms with van der Waals surface area (Å²) in [7, 11) is -0.869. The van der Waals surface area contributed by atoms with Crippen LogP contribution in [0, 0.1) is 0 Å². The van der Waals surface area contributed by atoms with E-state index in [2.05, 4.69) is 5.32 Å². The van der Waals surface area contributed by atoms with Crippen molar-refractivity contribution >= 4 is 22.6 Å². The van der Waals surface area contributed by atoms with Gasteiger partial charge >= 0.3 is 0 Å². The zero-order valence-corrected chi connectivity index (χ0v) is 11.5. The van der Waals surface area contributed by atoms with Gasteiger partial charge in [-0.3, -0.25) is 18.7 Å². The minimum Gasteiger partial charge on any atom is -0.305 e. The summed E-state index contributed by atoms with van der Waals surface area (Å²) in [5.41, 5.74) is 0. The molecule has 2 aliphatic rings. The average molecular weight is 272 g/mol. The van der Waals surface area contributed by atoms with E-state index in [1.54, 1.807) is 6.26 Å². The monoisotopic (exact) mass is 272 g/mol. The predicted molar refractivity (Wildman–Crippen MR) is 69.5 cm³/mol. The van der Waals surface area contributed by atoms with Gasteiger partial charge in [-0.1, -0.05) is 12.8 Å². The molecule has 1 heterocycles. The number of carbonyl (C=O) groups excluding carboxylic acids is 2. The number of hydrogen-bond acceptors (Lipinski definition) is 4. The van der Waals surface area contributed by atoms with Gasteiger partial charge in [-0.25, -0.2) is 0 Å². The lowest BCUT2D eigenvalue weighted by atomic mass is 10.2. The van der Waals surface area contributed by atoms with E-state index in [0.29, 0.717) is 12.3 Å². The minimum absolute atomic E-state index is 0.0537. The second kappa shape index (κ2) is 5.93. The minimum atomic E-state index is -0.869. The first-order chi connectivity index (χ1) is 8.59. The highest BCUT2D eigenvalue weighted by Crippen LogP contribution is 2.27. The molecule has 0 spiro atoms. The second-order valence-corrected chi connectivity index (χ2v) is 6.58. The van der Waals surface area contributed by atoms with Crippen molar-refractivity contribution in [2.45, 2.75) is 44.2 Å². The smallest absolute Gasteiger partial charge is 0.247 e. The van der Waals surface area contributed by atoms with E-state index in [1.165, 1.54) is 4.90 Å². The highest BCUT2D eigenvalue weighted by Gasteiger charge is 2.42. The zero-order valence-electron chi connectivity index (χ0n) is 10.7. The second-order valence-electron chi connectivity index (χ2n) is 5.03. The highest BCUT2D eigenvalue weighted by molar-refractivity contribution is 7.84. The molecule has 1 saturated heterocycles. The highest BCUT2D eigenvalue weighted by atomic mass is 32.2. The number of nitrogens with one attached hydrogen (secondary N) is 1. The lowest BCUT2D eigenvalue weighted by Gasteiger charge is -2.22. The van der Waals surface area contributed by atoms with Crippen molar-refractivity contribution in [3.05, 3.63) is 0 Å². The van der Waals surface area contributed by atoms with Crippen LogP contribution in [0.3, 0.4) is 0 Å². The van der Waals surface area contributed by atoms with Crippen molar-refractivity contribution in [3.63, 3.8) is 0 Å². The van der Waals surface area contributed by atoms with Crippen LogP contribution < -0.4 is 5.32 Å². The van der Waals surface area contributed by atoms with Gasteiger partial charge in [0.15, 0.2) is 0 Å². The van der Waals surface area contributed by atoms with Gasteiger partial charge in [-0.2, -0.15) is 0 Å². The quantitative estimate of drug-likeness (QED) is 0.717. The normalized spacial score (nSPS) is 27.2. The lowest BCUT2D eigenvalue weighted by molar-refractivity contribution is -0.141. The van der Waals surface area contributed by atoms with E-state index in [4.69, 9.17) is 0 Å². The maximum atomic E-state index is 12.1. The summed E-state index contributed by atoms with van der Waals surface area (Å²) in [6.45, 7) is 0.519. The summed E-state index contributed by atoms with van der Waals surface area (Å²) in [6.07, 6.45) is 6.00. The Kier molecular flexibility index (Phi) is 4.50. The Hall–Kier alpha value is -0.750. The van der Waals surface area contributed by atoms with Gasteiger partial charge in [0.2, 0.25) is 11.8 Å². The number of rotatable bonds is 5. The third-order valence-corrected chi connectivity index (χ3v) is 4.43. The molecule has 5 nitrogen and oxygen atoms in total. The average Bonchev–Trinajstić information content (AvgIpc) is 2.88. The molecule has 2 amide bonds.